The highest BCUT2D eigenvalue weighted by molar-refractivity contribution is 5.81. The number of guanidine groups is 1. The number of amides is 1. The third kappa shape index (κ3) is 7.11. The SMILES string of the molecule is CN=C(NCCCOCCOC)NC1CCN(C(=O)C2CCCCC2)C1. The number of rotatable bonds is 9. The van der Waals surface area contributed by atoms with Gasteiger partial charge < -0.3 is 25.0 Å². The number of methoxy groups -OCH3 is 1. The summed E-state index contributed by atoms with van der Waals surface area (Å²) in [6.07, 6.45) is 7.75. The van der Waals surface area contributed by atoms with Crippen molar-refractivity contribution in [2.75, 3.05) is 53.6 Å². The highest BCUT2D eigenvalue weighted by atomic mass is 16.5. The van der Waals surface area contributed by atoms with Gasteiger partial charge in [-0.2, -0.15) is 0 Å². The summed E-state index contributed by atoms with van der Waals surface area (Å²) >= 11 is 0. The van der Waals surface area contributed by atoms with E-state index >= 15 is 0 Å². The van der Waals surface area contributed by atoms with E-state index in [1.807, 2.05) is 4.90 Å². The predicted octanol–water partition coefficient (Wildman–Crippen LogP) is 1.39. The van der Waals surface area contributed by atoms with Gasteiger partial charge in [-0.25, -0.2) is 0 Å². The van der Waals surface area contributed by atoms with Gasteiger partial charge in [-0.1, -0.05) is 19.3 Å². The van der Waals surface area contributed by atoms with Gasteiger partial charge in [0.25, 0.3) is 0 Å². The molecule has 0 radical (unpaired) electrons. The van der Waals surface area contributed by atoms with Crippen LogP contribution in [0.3, 0.4) is 0 Å². The van der Waals surface area contributed by atoms with Crippen LogP contribution in [-0.2, 0) is 14.3 Å². The predicted molar refractivity (Wildman–Crippen MR) is 103 cm³/mol. The Morgan fingerprint density at radius 1 is 1.15 bits per heavy atom. The molecular formula is C19H36N4O3. The van der Waals surface area contributed by atoms with Crippen molar-refractivity contribution in [3.05, 3.63) is 0 Å². The molecule has 150 valence electrons. The lowest BCUT2D eigenvalue weighted by Crippen LogP contribution is -2.45. The maximum atomic E-state index is 12.6. The summed E-state index contributed by atoms with van der Waals surface area (Å²) in [6.45, 7) is 4.43. The molecule has 2 fully saturated rings. The number of nitrogens with zero attached hydrogens (tertiary/aromatic N) is 2. The number of hydrogen-bond acceptors (Lipinski definition) is 4. The number of likely N-dealkylation sites (tertiary alicyclic amines) is 1. The average Bonchev–Trinajstić information content (AvgIpc) is 3.15. The van der Waals surface area contributed by atoms with Crippen molar-refractivity contribution < 1.29 is 14.3 Å². The highest BCUT2D eigenvalue weighted by Crippen LogP contribution is 2.26. The molecule has 2 aliphatic rings. The van der Waals surface area contributed by atoms with Crippen LogP contribution in [0.25, 0.3) is 0 Å². The fourth-order valence-electron chi connectivity index (χ4n) is 3.70. The van der Waals surface area contributed by atoms with E-state index in [-0.39, 0.29) is 12.0 Å². The number of aliphatic imine (C=N–C) groups is 1. The molecule has 2 N–H and O–H groups in total. The van der Waals surface area contributed by atoms with Crippen molar-refractivity contribution in [2.24, 2.45) is 10.9 Å². The smallest absolute Gasteiger partial charge is 0.225 e. The van der Waals surface area contributed by atoms with Gasteiger partial charge in [-0.15, -0.1) is 0 Å². The van der Waals surface area contributed by atoms with E-state index in [2.05, 4.69) is 15.6 Å². The maximum Gasteiger partial charge on any atom is 0.225 e. The third-order valence-electron chi connectivity index (χ3n) is 5.21. The van der Waals surface area contributed by atoms with Crippen LogP contribution in [-0.4, -0.2) is 76.4 Å². The topological polar surface area (TPSA) is 75.2 Å². The largest absolute Gasteiger partial charge is 0.382 e. The number of carbonyl (C=O) groups is 1. The first kappa shape index (κ1) is 21.0. The van der Waals surface area contributed by atoms with E-state index in [1.165, 1.54) is 19.3 Å². The molecule has 7 heteroatoms. The Balaban J connectivity index is 1.62. The Labute approximate surface area is 157 Å². The lowest BCUT2D eigenvalue weighted by atomic mass is 9.88. The van der Waals surface area contributed by atoms with Gasteiger partial charge in [0.05, 0.1) is 13.2 Å². The van der Waals surface area contributed by atoms with Crippen molar-refractivity contribution in [3.8, 4) is 0 Å². The van der Waals surface area contributed by atoms with Crippen LogP contribution in [0.1, 0.15) is 44.9 Å². The van der Waals surface area contributed by atoms with E-state index < -0.39 is 0 Å². The fraction of sp³-hybridized carbons (Fsp3) is 0.895. The molecule has 1 aliphatic heterocycles. The van der Waals surface area contributed by atoms with E-state index in [0.29, 0.717) is 25.7 Å². The first-order chi connectivity index (χ1) is 12.7. The second kappa shape index (κ2) is 12.1. The van der Waals surface area contributed by atoms with Crippen LogP contribution in [0, 0.1) is 5.92 Å². The summed E-state index contributed by atoms with van der Waals surface area (Å²) in [5.41, 5.74) is 0. The van der Waals surface area contributed by atoms with Crippen LogP contribution in [0.5, 0.6) is 0 Å². The summed E-state index contributed by atoms with van der Waals surface area (Å²) in [5.74, 6) is 1.43. The number of ether oxygens (including phenoxy) is 2. The Bertz CT molecular complexity index is 439. The average molecular weight is 369 g/mol. The minimum Gasteiger partial charge on any atom is -0.382 e. The second-order valence-electron chi connectivity index (χ2n) is 7.21. The molecule has 1 atom stereocenters. The zero-order valence-corrected chi connectivity index (χ0v) is 16.5. The monoisotopic (exact) mass is 368 g/mol. The van der Waals surface area contributed by atoms with Crippen molar-refractivity contribution >= 4 is 11.9 Å². The zero-order valence-electron chi connectivity index (χ0n) is 16.5. The molecule has 0 aromatic heterocycles. The van der Waals surface area contributed by atoms with Gasteiger partial charge in [-0.05, 0) is 25.7 Å². The third-order valence-corrected chi connectivity index (χ3v) is 5.21. The molecule has 0 spiro atoms. The molecule has 1 unspecified atom stereocenters. The van der Waals surface area contributed by atoms with Crippen molar-refractivity contribution in [1.29, 1.82) is 0 Å². The maximum absolute atomic E-state index is 12.6. The zero-order chi connectivity index (χ0) is 18.6. The molecule has 1 saturated heterocycles. The minimum absolute atomic E-state index is 0.262. The first-order valence-electron chi connectivity index (χ1n) is 10.1. The summed E-state index contributed by atoms with van der Waals surface area (Å²) < 4.78 is 10.4. The van der Waals surface area contributed by atoms with E-state index in [0.717, 1.165) is 51.3 Å². The molecule has 26 heavy (non-hydrogen) atoms. The Morgan fingerprint density at radius 2 is 1.96 bits per heavy atom. The Kier molecular flexibility index (Phi) is 9.77. The van der Waals surface area contributed by atoms with E-state index in [4.69, 9.17) is 9.47 Å². The van der Waals surface area contributed by atoms with Gasteiger partial charge >= 0.3 is 0 Å². The van der Waals surface area contributed by atoms with Crippen LogP contribution >= 0.6 is 0 Å². The standard InChI is InChI=1S/C19H36N4O3/c1-20-19(21-10-6-12-26-14-13-25-2)22-17-9-11-23(15-17)18(24)16-7-4-3-5-8-16/h16-17H,3-15H2,1-2H3,(H2,20,21,22). The van der Waals surface area contributed by atoms with Gasteiger partial charge in [0.2, 0.25) is 5.91 Å². The summed E-state index contributed by atoms with van der Waals surface area (Å²) in [6, 6.07) is 0.284. The normalized spacial score (nSPS) is 21.8. The summed E-state index contributed by atoms with van der Waals surface area (Å²) in [5, 5.41) is 6.77. The molecule has 1 amide bonds. The Morgan fingerprint density at radius 3 is 2.69 bits per heavy atom. The Hall–Kier alpha value is -1.34. The second-order valence-corrected chi connectivity index (χ2v) is 7.21. The molecular weight excluding hydrogens is 332 g/mol. The fourth-order valence-corrected chi connectivity index (χ4v) is 3.70. The molecule has 1 aliphatic carbocycles. The number of carbonyl (C=O) groups excluding carboxylic acids is 1. The molecule has 1 saturated carbocycles. The summed E-state index contributed by atoms with van der Waals surface area (Å²) in [4.78, 5) is 19.0. The van der Waals surface area contributed by atoms with Crippen LogP contribution in [0.4, 0.5) is 0 Å². The van der Waals surface area contributed by atoms with Gasteiger partial charge in [-0.3, -0.25) is 9.79 Å². The van der Waals surface area contributed by atoms with Crippen LogP contribution in [0.2, 0.25) is 0 Å². The van der Waals surface area contributed by atoms with Gasteiger partial charge in [0.15, 0.2) is 5.96 Å². The van der Waals surface area contributed by atoms with Crippen molar-refractivity contribution in [1.82, 2.24) is 15.5 Å². The van der Waals surface area contributed by atoms with Crippen LogP contribution in [0.15, 0.2) is 4.99 Å². The number of nitrogens with one attached hydrogen (secondary N) is 2. The number of hydrogen-bond donors (Lipinski definition) is 2. The molecule has 0 bridgehead atoms. The summed E-state index contributed by atoms with van der Waals surface area (Å²) in [7, 11) is 3.46. The molecule has 2 rings (SSSR count). The minimum atomic E-state index is 0.262. The molecule has 0 aromatic rings. The molecule has 7 nitrogen and oxygen atoms in total. The van der Waals surface area contributed by atoms with E-state index in [1.54, 1.807) is 14.2 Å². The lowest BCUT2D eigenvalue weighted by molar-refractivity contribution is -0.135. The van der Waals surface area contributed by atoms with E-state index in [9.17, 15) is 4.79 Å². The highest BCUT2D eigenvalue weighted by Gasteiger charge is 2.31. The first-order valence-corrected chi connectivity index (χ1v) is 10.1. The van der Waals surface area contributed by atoms with Crippen molar-refractivity contribution in [3.63, 3.8) is 0 Å². The van der Waals surface area contributed by atoms with Gasteiger partial charge in [0.1, 0.15) is 0 Å². The quantitative estimate of drug-likeness (QED) is 0.365. The van der Waals surface area contributed by atoms with Crippen LogP contribution < -0.4 is 10.6 Å². The lowest BCUT2D eigenvalue weighted by Gasteiger charge is -2.26. The molecule has 1 heterocycles. The molecule has 0 aromatic carbocycles. The van der Waals surface area contributed by atoms with Gasteiger partial charge in [0, 0.05) is 52.4 Å². The van der Waals surface area contributed by atoms with Crippen molar-refractivity contribution in [2.45, 2.75) is 51.0 Å².